The van der Waals surface area contributed by atoms with Crippen molar-refractivity contribution in [3.63, 3.8) is 0 Å². The summed E-state index contributed by atoms with van der Waals surface area (Å²) in [7, 11) is -3.64. The molecule has 2 amide bonds. The second kappa shape index (κ2) is 13.7. The summed E-state index contributed by atoms with van der Waals surface area (Å²) in [6.45, 7) is 6.18. The Balaban J connectivity index is 1.58. The topological polar surface area (TPSA) is 105 Å². The quantitative estimate of drug-likeness (QED) is 0.314. The van der Waals surface area contributed by atoms with Gasteiger partial charge in [0.05, 0.1) is 11.9 Å². The number of nitrogens with zero attached hydrogens (tertiary/aromatic N) is 2. The molecule has 0 fully saturated rings. The monoisotopic (exact) mass is 593 g/mol. The summed E-state index contributed by atoms with van der Waals surface area (Å²) in [5.41, 5.74) is 3.34. The molecule has 3 aromatic rings. The van der Waals surface area contributed by atoms with Gasteiger partial charge in [-0.05, 0) is 56.0 Å². The van der Waals surface area contributed by atoms with Crippen LogP contribution in [0.3, 0.4) is 0 Å². The molecule has 0 unspecified atom stereocenters. The van der Waals surface area contributed by atoms with Gasteiger partial charge in [0.15, 0.2) is 11.5 Å². The summed E-state index contributed by atoms with van der Waals surface area (Å²) in [5, 5.41) is 2.99. The smallest absolute Gasteiger partial charge is 0.243 e. The van der Waals surface area contributed by atoms with Crippen molar-refractivity contribution in [2.75, 3.05) is 23.9 Å². The maximum atomic E-state index is 13.9. The summed E-state index contributed by atoms with van der Waals surface area (Å²) >= 11 is 0. The highest BCUT2D eigenvalue weighted by Gasteiger charge is 2.31. The van der Waals surface area contributed by atoms with Crippen molar-refractivity contribution in [2.24, 2.45) is 0 Å². The molecule has 0 bridgehead atoms. The minimum Gasteiger partial charge on any atom is -0.454 e. The fraction of sp³-hybridized carbons (Fsp3) is 0.375. The second-order valence-electron chi connectivity index (χ2n) is 10.8. The molecule has 0 saturated heterocycles. The summed E-state index contributed by atoms with van der Waals surface area (Å²) in [6, 6.07) is 21.5. The van der Waals surface area contributed by atoms with Crippen LogP contribution >= 0.6 is 0 Å². The van der Waals surface area contributed by atoms with Crippen LogP contribution in [-0.4, -0.2) is 56.8 Å². The number of benzene rings is 3. The first-order valence-corrected chi connectivity index (χ1v) is 15.9. The zero-order chi connectivity index (χ0) is 30.3. The Labute approximate surface area is 248 Å². The van der Waals surface area contributed by atoms with Crippen molar-refractivity contribution in [3.8, 4) is 11.5 Å². The number of sulfonamides is 1. The van der Waals surface area contributed by atoms with Gasteiger partial charge in [-0.2, -0.15) is 0 Å². The van der Waals surface area contributed by atoms with E-state index in [1.807, 2.05) is 75.4 Å². The number of carbonyl (C=O) groups excluding carboxylic acids is 2. The lowest BCUT2D eigenvalue weighted by molar-refractivity contribution is -0.141. The molecule has 0 aromatic heterocycles. The summed E-state index contributed by atoms with van der Waals surface area (Å²) in [6.07, 6.45) is 1.80. The standard InChI is InChI=1S/C32H39N3O6S/c1-23(2)33-32(37)28(19-25-12-6-5-7-13-25)34(21-26-14-9-8-11-24(26)3)31(36)15-10-18-35(42(4,38)39)27-16-17-29-30(20-27)41-22-40-29/h5-9,11-14,16-17,20,23,28H,10,15,18-19,21-22H2,1-4H3,(H,33,37)/t28-/m0/s1. The number of hydrogen-bond donors (Lipinski definition) is 1. The van der Waals surface area contributed by atoms with E-state index in [9.17, 15) is 18.0 Å². The zero-order valence-corrected chi connectivity index (χ0v) is 25.4. The van der Waals surface area contributed by atoms with Crippen molar-refractivity contribution in [3.05, 3.63) is 89.5 Å². The number of aryl methyl sites for hydroxylation is 1. The number of amides is 2. The van der Waals surface area contributed by atoms with Gasteiger partial charge in [0.25, 0.3) is 0 Å². The Kier molecular flexibility index (Phi) is 10.1. The Bertz CT molecular complexity index is 1490. The highest BCUT2D eigenvalue weighted by molar-refractivity contribution is 7.92. The van der Waals surface area contributed by atoms with E-state index in [0.29, 0.717) is 23.6 Å². The van der Waals surface area contributed by atoms with Crippen LogP contribution in [0.1, 0.15) is 43.4 Å². The van der Waals surface area contributed by atoms with Crippen LogP contribution in [-0.2, 0) is 32.6 Å². The third-order valence-corrected chi connectivity index (χ3v) is 8.29. The van der Waals surface area contributed by atoms with Crippen LogP contribution in [0.4, 0.5) is 5.69 Å². The average Bonchev–Trinajstić information content (AvgIpc) is 3.41. The van der Waals surface area contributed by atoms with Crippen molar-refractivity contribution < 1.29 is 27.5 Å². The second-order valence-corrected chi connectivity index (χ2v) is 12.7. The van der Waals surface area contributed by atoms with Crippen molar-refractivity contribution >= 4 is 27.5 Å². The first-order valence-electron chi connectivity index (χ1n) is 14.1. The largest absolute Gasteiger partial charge is 0.454 e. The van der Waals surface area contributed by atoms with Crippen LogP contribution in [0, 0.1) is 6.92 Å². The van der Waals surface area contributed by atoms with E-state index in [1.165, 1.54) is 4.31 Å². The van der Waals surface area contributed by atoms with E-state index in [-0.39, 0.29) is 50.6 Å². The van der Waals surface area contributed by atoms with Gasteiger partial charge in [-0.25, -0.2) is 8.42 Å². The molecule has 9 nitrogen and oxygen atoms in total. The number of anilines is 1. The number of rotatable bonds is 13. The van der Waals surface area contributed by atoms with Gasteiger partial charge in [-0.15, -0.1) is 0 Å². The molecule has 3 aromatic carbocycles. The van der Waals surface area contributed by atoms with E-state index >= 15 is 0 Å². The Morgan fingerprint density at radius 3 is 2.33 bits per heavy atom. The van der Waals surface area contributed by atoms with Crippen LogP contribution in [0.5, 0.6) is 11.5 Å². The highest BCUT2D eigenvalue weighted by Crippen LogP contribution is 2.36. The Hall–Kier alpha value is -4.05. The first-order chi connectivity index (χ1) is 20.0. The van der Waals surface area contributed by atoms with Gasteiger partial charge < -0.3 is 19.7 Å². The lowest BCUT2D eigenvalue weighted by Crippen LogP contribution is -2.52. The fourth-order valence-electron chi connectivity index (χ4n) is 4.95. The average molecular weight is 594 g/mol. The molecular formula is C32H39N3O6S. The molecule has 1 N–H and O–H groups in total. The van der Waals surface area contributed by atoms with Crippen LogP contribution in [0.25, 0.3) is 0 Å². The molecule has 42 heavy (non-hydrogen) atoms. The predicted octanol–water partition coefficient (Wildman–Crippen LogP) is 4.43. The van der Waals surface area contributed by atoms with Gasteiger partial charge in [0.2, 0.25) is 28.6 Å². The van der Waals surface area contributed by atoms with Crippen molar-refractivity contribution in [1.29, 1.82) is 0 Å². The molecule has 4 rings (SSSR count). The number of fused-ring (bicyclic) bond motifs is 1. The zero-order valence-electron chi connectivity index (χ0n) is 24.6. The minimum absolute atomic E-state index is 0.0582. The molecular weight excluding hydrogens is 554 g/mol. The molecule has 0 spiro atoms. The Morgan fingerprint density at radius 1 is 0.952 bits per heavy atom. The van der Waals surface area contributed by atoms with Gasteiger partial charge in [0, 0.05) is 38.0 Å². The maximum Gasteiger partial charge on any atom is 0.243 e. The number of hydrogen-bond acceptors (Lipinski definition) is 6. The normalized spacial score (nSPS) is 13.1. The minimum atomic E-state index is -3.64. The van der Waals surface area contributed by atoms with Gasteiger partial charge in [-0.3, -0.25) is 13.9 Å². The first kappa shape index (κ1) is 30.9. The number of nitrogens with one attached hydrogen (secondary N) is 1. The molecule has 10 heteroatoms. The molecule has 0 radical (unpaired) electrons. The van der Waals surface area contributed by atoms with Crippen molar-refractivity contribution in [2.45, 2.75) is 58.7 Å². The lowest BCUT2D eigenvalue weighted by atomic mass is 10.0. The number of ether oxygens (including phenoxy) is 2. The summed E-state index contributed by atoms with van der Waals surface area (Å²) in [4.78, 5) is 29.1. The molecule has 1 aliphatic rings. The van der Waals surface area contributed by atoms with E-state index in [0.717, 1.165) is 22.9 Å². The molecule has 224 valence electrons. The molecule has 1 heterocycles. The third kappa shape index (κ3) is 8.03. The lowest BCUT2D eigenvalue weighted by Gasteiger charge is -2.33. The summed E-state index contributed by atoms with van der Waals surface area (Å²) in [5.74, 6) is 0.575. The van der Waals surface area contributed by atoms with Gasteiger partial charge in [0.1, 0.15) is 6.04 Å². The van der Waals surface area contributed by atoms with Crippen LogP contribution in [0.2, 0.25) is 0 Å². The fourth-order valence-corrected chi connectivity index (χ4v) is 5.91. The number of carbonyl (C=O) groups is 2. The molecule has 1 atom stereocenters. The summed E-state index contributed by atoms with van der Waals surface area (Å²) < 4.78 is 37.5. The predicted molar refractivity (Wildman–Crippen MR) is 163 cm³/mol. The van der Waals surface area contributed by atoms with E-state index in [2.05, 4.69) is 5.32 Å². The molecule has 0 aliphatic carbocycles. The maximum absolute atomic E-state index is 13.9. The van der Waals surface area contributed by atoms with E-state index in [1.54, 1.807) is 23.1 Å². The highest BCUT2D eigenvalue weighted by atomic mass is 32.2. The third-order valence-electron chi connectivity index (χ3n) is 7.10. The molecule has 0 saturated carbocycles. The van der Waals surface area contributed by atoms with Gasteiger partial charge >= 0.3 is 0 Å². The van der Waals surface area contributed by atoms with E-state index < -0.39 is 16.1 Å². The van der Waals surface area contributed by atoms with Gasteiger partial charge in [-0.1, -0.05) is 54.6 Å². The van der Waals surface area contributed by atoms with Crippen LogP contribution < -0.4 is 19.1 Å². The Morgan fingerprint density at radius 2 is 1.64 bits per heavy atom. The van der Waals surface area contributed by atoms with Crippen LogP contribution in [0.15, 0.2) is 72.8 Å². The van der Waals surface area contributed by atoms with E-state index in [4.69, 9.17) is 9.47 Å². The molecule has 1 aliphatic heterocycles. The SMILES string of the molecule is Cc1ccccc1CN(C(=O)CCCN(c1ccc2c(c1)OCO2)S(C)(=O)=O)[C@@H](Cc1ccccc1)C(=O)NC(C)C. The van der Waals surface area contributed by atoms with Crippen molar-refractivity contribution in [1.82, 2.24) is 10.2 Å².